The maximum absolute atomic E-state index is 15.1. The van der Waals surface area contributed by atoms with Gasteiger partial charge in [0.1, 0.15) is 35.2 Å². The van der Waals surface area contributed by atoms with Crippen molar-refractivity contribution in [3.8, 4) is 17.0 Å². The molecule has 1 amide bonds. The normalized spacial score (nSPS) is 18.1. The number of rotatable bonds is 7. The predicted molar refractivity (Wildman–Crippen MR) is 120 cm³/mol. The number of nitrogen functional groups attached to an aromatic ring is 1. The molecule has 8 nitrogen and oxygen atoms in total. The van der Waals surface area contributed by atoms with Gasteiger partial charge >= 0.3 is 0 Å². The molecule has 0 radical (unpaired) electrons. The van der Waals surface area contributed by atoms with Crippen LogP contribution >= 0.6 is 0 Å². The number of fused-ring (bicyclic) bond motifs is 1. The smallest absolute Gasteiger partial charge is 0.243 e. The molecule has 36 heavy (non-hydrogen) atoms. The molecule has 0 bridgehead atoms. The molecule has 1 aliphatic carbocycles. The number of nitrogens with one attached hydrogen (secondary N) is 1. The molecule has 1 aliphatic rings. The fourth-order valence-corrected chi connectivity index (χ4v) is 3.58. The minimum absolute atomic E-state index is 0.0105. The SMILES string of the molecule is C=CC(=O)NCCn1nc(-c2ccc(OC3=C(F)C(F)C(C)C(F)=C3F)cc2F)c2c(N)ncnc21. The van der Waals surface area contributed by atoms with Gasteiger partial charge in [-0.15, -0.1) is 0 Å². The summed E-state index contributed by atoms with van der Waals surface area (Å²) in [4.78, 5) is 19.4. The molecule has 2 heterocycles. The van der Waals surface area contributed by atoms with Gasteiger partial charge in [-0.25, -0.2) is 32.2 Å². The van der Waals surface area contributed by atoms with Crippen molar-refractivity contribution >= 4 is 22.8 Å². The van der Waals surface area contributed by atoms with Gasteiger partial charge in [0.25, 0.3) is 0 Å². The minimum atomic E-state index is -2.45. The number of anilines is 1. The topological polar surface area (TPSA) is 108 Å². The summed E-state index contributed by atoms with van der Waals surface area (Å²) in [6, 6.07) is 3.11. The molecule has 2 unspecified atom stereocenters. The lowest BCUT2D eigenvalue weighted by Gasteiger charge is -2.22. The van der Waals surface area contributed by atoms with Crippen LogP contribution in [-0.4, -0.2) is 38.4 Å². The third-order valence-electron chi connectivity index (χ3n) is 5.49. The second-order valence-electron chi connectivity index (χ2n) is 7.80. The van der Waals surface area contributed by atoms with Gasteiger partial charge in [0.15, 0.2) is 29.2 Å². The zero-order chi connectivity index (χ0) is 26.1. The number of hydrogen-bond donors (Lipinski definition) is 2. The first-order valence-corrected chi connectivity index (χ1v) is 10.6. The number of aromatic nitrogens is 4. The van der Waals surface area contributed by atoms with Gasteiger partial charge in [0.2, 0.25) is 5.91 Å². The van der Waals surface area contributed by atoms with Crippen LogP contribution in [0.1, 0.15) is 6.92 Å². The summed E-state index contributed by atoms with van der Waals surface area (Å²) in [5.74, 6) is -9.52. The molecule has 2 atom stereocenters. The second kappa shape index (κ2) is 9.76. The highest BCUT2D eigenvalue weighted by molar-refractivity contribution is 5.98. The van der Waals surface area contributed by atoms with Gasteiger partial charge in [-0.2, -0.15) is 9.49 Å². The second-order valence-corrected chi connectivity index (χ2v) is 7.80. The number of carbonyl (C=O) groups excluding carboxylic acids is 1. The zero-order valence-electron chi connectivity index (χ0n) is 18.7. The predicted octanol–water partition coefficient (Wildman–Crippen LogP) is 4.22. The molecule has 0 fully saturated rings. The van der Waals surface area contributed by atoms with Crippen molar-refractivity contribution in [1.29, 1.82) is 0 Å². The number of nitrogens with zero attached hydrogens (tertiary/aromatic N) is 4. The first-order chi connectivity index (χ1) is 17.1. The number of ether oxygens (including phenoxy) is 1. The molecule has 13 heteroatoms. The Balaban J connectivity index is 1.69. The fraction of sp³-hybridized carbons (Fsp3) is 0.217. The van der Waals surface area contributed by atoms with Gasteiger partial charge in [0, 0.05) is 24.1 Å². The molecule has 1 aromatic carbocycles. The van der Waals surface area contributed by atoms with Crippen molar-refractivity contribution in [3.63, 3.8) is 0 Å². The Morgan fingerprint density at radius 1 is 1.25 bits per heavy atom. The number of hydrogen-bond acceptors (Lipinski definition) is 6. The zero-order valence-corrected chi connectivity index (χ0v) is 18.7. The standard InChI is InChI=1S/C23H19F5N6O2/c1-3-14(35)30-6-7-34-23-15(22(29)31-9-32-23)20(33-34)12-5-4-11(8-13(12)24)36-21-18(27)16(25)10(2)17(26)19(21)28/h3-5,8-10,16H,1,6-7H2,2H3,(H,30,35)(H2,29,31,32). The van der Waals surface area contributed by atoms with Crippen LogP contribution in [0.2, 0.25) is 0 Å². The van der Waals surface area contributed by atoms with Crippen LogP contribution in [0.4, 0.5) is 27.8 Å². The van der Waals surface area contributed by atoms with E-state index in [2.05, 4.69) is 27.0 Å². The van der Waals surface area contributed by atoms with E-state index >= 15 is 4.39 Å². The van der Waals surface area contributed by atoms with E-state index in [1.165, 1.54) is 17.1 Å². The Labute approximate surface area is 201 Å². The van der Waals surface area contributed by atoms with E-state index in [1.807, 2.05) is 0 Å². The third-order valence-corrected chi connectivity index (χ3v) is 5.49. The van der Waals surface area contributed by atoms with Crippen LogP contribution in [0, 0.1) is 11.7 Å². The van der Waals surface area contributed by atoms with Crippen LogP contribution in [0.5, 0.6) is 5.75 Å². The molecule has 3 aromatic rings. The maximum atomic E-state index is 15.1. The molecule has 4 rings (SSSR count). The number of benzene rings is 1. The Hall–Kier alpha value is -4.29. The highest BCUT2D eigenvalue weighted by Gasteiger charge is 2.38. The molecule has 0 aliphatic heterocycles. The molecule has 2 aromatic heterocycles. The lowest BCUT2D eigenvalue weighted by Crippen LogP contribution is -2.25. The summed E-state index contributed by atoms with van der Waals surface area (Å²) in [6.07, 6.45) is -0.147. The quantitative estimate of drug-likeness (QED) is 0.367. The molecular formula is C23H19F5N6O2. The molecule has 0 spiro atoms. The average Bonchev–Trinajstić information content (AvgIpc) is 3.23. The van der Waals surface area contributed by atoms with Gasteiger partial charge < -0.3 is 15.8 Å². The van der Waals surface area contributed by atoms with Crippen molar-refractivity contribution in [2.24, 2.45) is 5.92 Å². The van der Waals surface area contributed by atoms with E-state index < -0.39 is 52.8 Å². The number of allylic oxidation sites excluding steroid dienone is 3. The van der Waals surface area contributed by atoms with Crippen molar-refractivity contribution in [3.05, 3.63) is 66.2 Å². The van der Waals surface area contributed by atoms with Crippen molar-refractivity contribution < 1.29 is 31.5 Å². The van der Waals surface area contributed by atoms with Gasteiger partial charge in [0.05, 0.1) is 11.9 Å². The number of halogens is 5. The highest BCUT2D eigenvalue weighted by atomic mass is 19.2. The van der Waals surface area contributed by atoms with E-state index in [0.717, 1.165) is 25.1 Å². The first-order valence-electron chi connectivity index (χ1n) is 10.6. The number of alkyl halides is 1. The summed E-state index contributed by atoms with van der Waals surface area (Å²) in [5.41, 5.74) is 6.22. The molecule has 0 saturated heterocycles. The van der Waals surface area contributed by atoms with Crippen molar-refractivity contribution in [1.82, 2.24) is 25.1 Å². The summed E-state index contributed by atoms with van der Waals surface area (Å²) in [5, 5.41) is 7.15. The molecular weight excluding hydrogens is 487 g/mol. The fourth-order valence-electron chi connectivity index (χ4n) is 3.58. The van der Waals surface area contributed by atoms with Crippen LogP contribution in [-0.2, 0) is 11.3 Å². The van der Waals surface area contributed by atoms with Crippen LogP contribution in [0.15, 0.2) is 60.4 Å². The van der Waals surface area contributed by atoms with E-state index in [-0.39, 0.29) is 41.2 Å². The molecule has 188 valence electrons. The third kappa shape index (κ3) is 4.39. The maximum Gasteiger partial charge on any atom is 0.243 e. The Bertz CT molecular complexity index is 1430. The van der Waals surface area contributed by atoms with Gasteiger partial charge in [-0.05, 0) is 18.2 Å². The summed E-state index contributed by atoms with van der Waals surface area (Å²) >= 11 is 0. The molecule has 3 N–H and O–H groups in total. The van der Waals surface area contributed by atoms with Crippen molar-refractivity contribution in [2.45, 2.75) is 19.6 Å². The summed E-state index contributed by atoms with van der Waals surface area (Å²) < 4.78 is 77.8. The molecule has 0 saturated carbocycles. The van der Waals surface area contributed by atoms with Crippen LogP contribution in [0.3, 0.4) is 0 Å². The number of nitrogens with two attached hydrogens (primary N) is 1. The Morgan fingerprint density at radius 3 is 2.69 bits per heavy atom. The number of carbonyl (C=O) groups is 1. The average molecular weight is 506 g/mol. The minimum Gasteiger partial charge on any atom is -0.451 e. The van der Waals surface area contributed by atoms with E-state index in [1.54, 1.807) is 0 Å². The van der Waals surface area contributed by atoms with Gasteiger partial charge in [-0.1, -0.05) is 13.5 Å². The van der Waals surface area contributed by atoms with Crippen molar-refractivity contribution in [2.75, 3.05) is 12.3 Å². The first kappa shape index (κ1) is 24.8. The summed E-state index contributed by atoms with van der Waals surface area (Å²) in [7, 11) is 0. The Kier molecular flexibility index (Phi) is 6.73. The largest absolute Gasteiger partial charge is 0.451 e. The van der Waals surface area contributed by atoms with Crippen LogP contribution < -0.4 is 15.8 Å². The van der Waals surface area contributed by atoms with E-state index in [9.17, 15) is 22.4 Å². The highest BCUT2D eigenvalue weighted by Crippen LogP contribution is 2.40. The Morgan fingerprint density at radius 2 is 2.00 bits per heavy atom. The monoisotopic (exact) mass is 506 g/mol. The lowest BCUT2D eigenvalue weighted by molar-refractivity contribution is -0.116. The van der Waals surface area contributed by atoms with E-state index in [0.29, 0.717) is 0 Å². The summed E-state index contributed by atoms with van der Waals surface area (Å²) in [6.45, 7) is 4.65. The lowest BCUT2D eigenvalue weighted by atomic mass is 9.97. The number of amides is 1. The van der Waals surface area contributed by atoms with Crippen LogP contribution in [0.25, 0.3) is 22.3 Å². The van der Waals surface area contributed by atoms with Gasteiger partial charge in [-0.3, -0.25) is 4.79 Å². The van der Waals surface area contributed by atoms with E-state index in [4.69, 9.17) is 10.5 Å².